The van der Waals surface area contributed by atoms with Crippen LogP contribution in [-0.4, -0.2) is 11.0 Å². The van der Waals surface area contributed by atoms with E-state index in [4.69, 9.17) is 16.7 Å². The molecule has 0 aliphatic carbocycles. The number of allylic oxidation sites excluding steroid dienone is 2. The summed E-state index contributed by atoms with van der Waals surface area (Å²) in [6, 6.07) is 0. The van der Waals surface area contributed by atoms with Gasteiger partial charge in [0.05, 0.1) is 5.76 Å². The van der Waals surface area contributed by atoms with Crippen LogP contribution in [0.25, 0.3) is 0 Å². The molecule has 1 N–H and O–H groups in total. The summed E-state index contributed by atoms with van der Waals surface area (Å²) in [5, 5.41) is 8.33. The van der Waals surface area contributed by atoms with E-state index in [0.717, 1.165) is 0 Å². The van der Waals surface area contributed by atoms with E-state index in [0.29, 0.717) is 5.88 Å². The van der Waals surface area contributed by atoms with Gasteiger partial charge in [0.15, 0.2) is 0 Å². The van der Waals surface area contributed by atoms with Crippen LogP contribution in [-0.2, 0) is 0 Å². The second kappa shape index (κ2) is 3.04. The Balaban J connectivity index is 3.14. The molecule has 1 nitrogen and oxygen atoms in total. The zero-order valence-corrected chi connectivity index (χ0v) is 4.37. The first-order valence-corrected chi connectivity index (χ1v) is 2.22. The van der Waals surface area contributed by atoms with Crippen LogP contribution in [0.4, 0.5) is 0 Å². The first-order valence-electron chi connectivity index (χ1n) is 1.69. The van der Waals surface area contributed by atoms with E-state index >= 15 is 0 Å². The number of halogens is 1. The average molecular weight is 107 g/mol. The molecule has 0 aromatic heterocycles. The lowest BCUT2D eigenvalue weighted by atomic mass is 10.5. The highest BCUT2D eigenvalue weighted by Crippen LogP contribution is 1.83. The molecule has 0 aliphatic heterocycles. The quantitative estimate of drug-likeness (QED) is 0.398. The summed E-state index contributed by atoms with van der Waals surface area (Å²) in [5.41, 5.74) is 0. The van der Waals surface area contributed by atoms with E-state index in [1.165, 1.54) is 6.08 Å². The number of hydrogen-bond acceptors (Lipinski definition) is 1. The molecule has 36 valence electrons. The lowest BCUT2D eigenvalue weighted by molar-refractivity contribution is 0.413. The summed E-state index contributed by atoms with van der Waals surface area (Å²) in [5.74, 6) is 0.674. The van der Waals surface area contributed by atoms with Crippen molar-refractivity contribution in [3.63, 3.8) is 0 Å². The first kappa shape index (κ1) is 5.83. The molecule has 6 heavy (non-hydrogen) atoms. The molecule has 0 radical (unpaired) electrons. The van der Waals surface area contributed by atoms with Crippen molar-refractivity contribution in [1.82, 2.24) is 0 Å². The Labute approximate surface area is 42.2 Å². The maximum atomic E-state index is 8.33. The van der Waals surface area contributed by atoms with Gasteiger partial charge in [-0.2, -0.15) is 0 Å². The summed E-state index contributed by atoms with van der Waals surface area (Å²) in [4.78, 5) is 0. The van der Waals surface area contributed by atoms with Gasteiger partial charge in [0.1, 0.15) is 0 Å². The molecule has 0 heterocycles. The zero-order valence-electron chi connectivity index (χ0n) is 3.61. The van der Waals surface area contributed by atoms with Gasteiger partial charge in [-0.05, 0) is 13.0 Å². The van der Waals surface area contributed by atoms with E-state index < -0.39 is 0 Å². The molecule has 0 aliphatic rings. The smallest absolute Gasteiger partial charge is 0.0863 e. The van der Waals surface area contributed by atoms with Crippen LogP contribution < -0.4 is 0 Å². The van der Waals surface area contributed by atoms with Gasteiger partial charge < -0.3 is 5.11 Å². The SMILES string of the molecule is CC(O)=CCCl. The monoisotopic (exact) mass is 106 g/mol. The van der Waals surface area contributed by atoms with Gasteiger partial charge in [-0.3, -0.25) is 0 Å². The Bertz CT molecular complexity index is 54.6. The van der Waals surface area contributed by atoms with E-state index in [-0.39, 0.29) is 5.76 Å². The molecule has 0 aromatic rings. The molecule has 0 atom stereocenters. The molecule has 0 unspecified atom stereocenters. The predicted octanol–water partition coefficient (Wildman–Crippen LogP) is 1.69. The summed E-state index contributed by atoms with van der Waals surface area (Å²) < 4.78 is 0. The molecule has 0 saturated carbocycles. The fraction of sp³-hybridized carbons (Fsp3) is 0.500. The van der Waals surface area contributed by atoms with Gasteiger partial charge in [-0.25, -0.2) is 0 Å². The maximum Gasteiger partial charge on any atom is 0.0863 e. The third-order valence-electron chi connectivity index (χ3n) is 0.373. The minimum atomic E-state index is 0.282. The average Bonchev–Trinajstić information content (AvgIpc) is 1.35. The molecule has 0 spiro atoms. The van der Waals surface area contributed by atoms with Crippen LogP contribution in [0.1, 0.15) is 6.92 Å². The molecule has 0 fully saturated rings. The molecule has 0 rings (SSSR count). The highest BCUT2D eigenvalue weighted by molar-refractivity contribution is 6.18. The number of hydrogen-bond donors (Lipinski definition) is 1. The Morgan fingerprint density at radius 1 is 2.00 bits per heavy atom. The fourth-order valence-corrected chi connectivity index (χ4v) is 0.335. The number of rotatable bonds is 1. The number of alkyl halides is 1. The van der Waals surface area contributed by atoms with Crippen molar-refractivity contribution in [2.45, 2.75) is 6.92 Å². The van der Waals surface area contributed by atoms with E-state index in [9.17, 15) is 0 Å². The number of aliphatic hydroxyl groups is 1. The third-order valence-corrected chi connectivity index (χ3v) is 0.527. The largest absolute Gasteiger partial charge is 0.513 e. The second-order valence-electron chi connectivity index (χ2n) is 1.000. The predicted molar refractivity (Wildman–Crippen MR) is 27.1 cm³/mol. The summed E-state index contributed by atoms with van der Waals surface area (Å²) in [7, 11) is 0. The lowest BCUT2D eigenvalue weighted by Crippen LogP contribution is -1.68. The molecule has 0 amide bonds. The Hall–Kier alpha value is -0.170. The van der Waals surface area contributed by atoms with Crippen LogP contribution in [0, 0.1) is 0 Å². The fourth-order valence-electron chi connectivity index (χ4n) is 0.112. The number of aliphatic hydroxyl groups excluding tert-OH is 1. The van der Waals surface area contributed by atoms with Crippen LogP contribution in [0.15, 0.2) is 11.8 Å². The van der Waals surface area contributed by atoms with Crippen molar-refractivity contribution in [2.75, 3.05) is 5.88 Å². The van der Waals surface area contributed by atoms with Crippen molar-refractivity contribution in [1.29, 1.82) is 0 Å². The normalized spacial score (nSPS) is 12.0. The minimum absolute atomic E-state index is 0.282. The minimum Gasteiger partial charge on any atom is -0.513 e. The Morgan fingerprint density at radius 3 is 2.50 bits per heavy atom. The van der Waals surface area contributed by atoms with E-state index in [1.54, 1.807) is 6.92 Å². The highest BCUT2D eigenvalue weighted by atomic mass is 35.5. The van der Waals surface area contributed by atoms with Crippen LogP contribution in [0.2, 0.25) is 0 Å². The van der Waals surface area contributed by atoms with Crippen molar-refractivity contribution < 1.29 is 5.11 Å². The lowest BCUT2D eigenvalue weighted by Gasteiger charge is -1.79. The summed E-state index contributed by atoms with van der Waals surface area (Å²) >= 11 is 5.16. The standard InChI is InChI=1S/C4H7ClO/c1-4(6)2-3-5/h2,6H,3H2,1H3. The Morgan fingerprint density at radius 2 is 2.50 bits per heavy atom. The van der Waals surface area contributed by atoms with E-state index in [2.05, 4.69) is 0 Å². The molecular formula is C4H7ClO. The van der Waals surface area contributed by atoms with Gasteiger partial charge in [0.2, 0.25) is 0 Å². The molecule has 0 aromatic carbocycles. The van der Waals surface area contributed by atoms with Crippen molar-refractivity contribution in [2.24, 2.45) is 0 Å². The van der Waals surface area contributed by atoms with Crippen LogP contribution in [0.3, 0.4) is 0 Å². The van der Waals surface area contributed by atoms with Crippen molar-refractivity contribution >= 4 is 11.6 Å². The molecule has 2 heteroatoms. The van der Waals surface area contributed by atoms with Crippen LogP contribution in [0.5, 0.6) is 0 Å². The van der Waals surface area contributed by atoms with E-state index in [1.807, 2.05) is 0 Å². The topological polar surface area (TPSA) is 20.2 Å². The van der Waals surface area contributed by atoms with Crippen molar-refractivity contribution in [3.05, 3.63) is 11.8 Å². The molecular weight excluding hydrogens is 99.5 g/mol. The highest BCUT2D eigenvalue weighted by Gasteiger charge is 1.71. The second-order valence-corrected chi connectivity index (χ2v) is 1.31. The van der Waals surface area contributed by atoms with Gasteiger partial charge in [-0.1, -0.05) is 0 Å². The third kappa shape index (κ3) is 3.83. The van der Waals surface area contributed by atoms with Gasteiger partial charge >= 0.3 is 0 Å². The Kier molecular flexibility index (Phi) is 2.95. The van der Waals surface area contributed by atoms with Crippen molar-refractivity contribution in [3.8, 4) is 0 Å². The molecule has 0 saturated heterocycles. The summed E-state index contributed by atoms with van der Waals surface area (Å²) in [6.07, 6.45) is 1.53. The van der Waals surface area contributed by atoms with Gasteiger partial charge in [0, 0.05) is 5.88 Å². The van der Waals surface area contributed by atoms with Gasteiger partial charge in [-0.15, -0.1) is 11.6 Å². The first-order chi connectivity index (χ1) is 2.77. The zero-order chi connectivity index (χ0) is 4.99. The molecule has 0 bridgehead atoms. The maximum absolute atomic E-state index is 8.33. The van der Waals surface area contributed by atoms with Crippen LogP contribution >= 0.6 is 11.6 Å². The van der Waals surface area contributed by atoms with Gasteiger partial charge in [0.25, 0.3) is 0 Å². The summed E-state index contributed by atoms with van der Waals surface area (Å²) in [6.45, 7) is 1.59.